The Morgan fingerprint density at radius 2 is 1.76 bits per heavy atom. The molecule has 0 amide bonds. The lowest BCUT2D eigenvalue weighted by Crippen LogP contribution is -2.20. The Hall–Kier alpha value is -1.22. The molecule has 4 heteroatoms. The third-order valence-electron chi connectivity index (χ3n) is 2.38. The smallest absolute Gasteiger partial charge is 0.179 e. The number of rotatable bonds is 3. The van der Waals surface area contributed by atoms with Gasteiger partial charge in [0, 0.05) is 11.0 Å². The van der Waals surface area contributed by atoms with Gasteiger partial charge in [0.1, 0.15) is 0 Å². The fourth-order valence-electron chi connectivity index (χ4n) is 1.48. The van der Waals surface area contributed by atoms with Gasteiger partial charge in [0.15, 0.2) is 17.3 Å². The van der Waals surface area contributed by atoms with Crippen LogP contribution in [0.4, 0.5) is 0 Å². The zero-order chi connectivity index (χ0) is 13.2. The average Bonchev–Trinajstić information content (AvgIpc) is 2.25. The number of hydrogen-bond acceptors (Lipinski definition) is 3. The molecule has 0 aliphatic heterocycles. The molecule has 0 fully saturated rings. The number of halogens is 1. The second-order valence-corrected chi connectivity index (χ2v) is 5.18. The first-order chi connectivity index (χ1) is 7.81. The van der Waals surface area contributed by atoms with Gasteiger partial charge in [-0.1, -0.05) is 32.4 Å². The Bertz CT molecular complexity index is 433. The van der Waals surface area contributed by atoms with Crippen LogP contribution in [0.3, 0.4) is 0 Å². The van der Waals surface area contributed by atoms with E-state index in [4.69, 9.17) is 21.1 Å². The highest BCUT2D eigenvalue weighted by molar-refractivity contribution is 6.32. The van der Waals surface area contributed by atoms with Crippen molar-refractivity contribution >= 4 is 17.4 Å². The van der Waals surface area contributed by atoms with Crippen molar-refractivity contribution in [3.63, 3.8) is 0 Å². The first-order valence-electron chi connectivity index (χ1n) is 5.27. The molecule has 3 nitrogen and oxygen atoms in total. The normalized spacial score (nSPS) is 11.2. The Kier molecular flexibility index (Phi) is 4.04. The van der Waals surface area contributed by atoms with Crippen LogP contribution in [0, 0.1) is 5.41 Å². The van der Waals surface area contributed by atoms with Gasteiger partial charge in [0.25, 0.3) is 0 Å². The van der Waals surface area contributed by atoms with Gasteiger partial charge in [-0.05, 0) is 12.1 Å². The summed E-state index contributed by atoms with van der Waals surface area (Å²) in [6.07, 6.45) is 0. The molecular formula is C13H17ClO3. The number of carbonyl (C=O) groups excluding carboxylic acids is 1. The second kappa shape index (κ2) is 4.96. The van der Waals surface area contributed by atoms with Gasteiger partial charge in [-0.15, -0.1) is 0 Å². The highest BCUT2D eigenvalue weighted by Gasteiger charge is 2.25. The molecule has 94 valence electrons. The van der Waals surface area contributed by atoms with Crippen molar-refractivity contribution in [2.45, 2.75) is 20.8 Å². The van der Waals surface area contributed by atoms with Gasteiger partial charge < -0.3 is 9.47 Å². The largest absolute Gasteiger partial charge is 0.493 e. The summed E-state index contributed by atoms with van der Waals surface area (Å²) >= 11 is 6.05. The van der Waals surface area contributed by atoms with Crippen molar-refractivity contribution in [1.82, 2.24) is 0 Å². The maximum atomic E-state index is 12.1. The molecule has 0 atom stereocenters. The molecule has 0 bridgehead atoms. The van der Waals surface area contributed by atoms with Gasteiger partial charge >= 0.3 is 0 Å². The molecular weight excluding hydrogens is 240 g/mol. The number of Topliss-reactive ketones (excluding diaryl/α,β-unsaturated/α-hetero) is 1. The molecule has 0 aromatic heterocycles. The molecule has 1 rings (SSSR count). The molecule has 1 aromatic carbocycles. The van der Waals surface area contributed by atoms with Crippen molar-refractivity contribution < 1.29 is 14.3 Å². The Labute approximate surface area is 107 Å². The zero-order valence-electron chi connectivity index (χ0n) is 10.8. The maximum absolute atomic E-state index is 12.1. The van der Waals surface area contributed by atoms with Crippen LogP contribution in [0.25, 0.3) is 0 Å². The van der Waals surface area contributed by atoms with Gasteiger partial charge in [0.05, 0.1) is 19.2 Å². The monoisotopic (exact) mass is 256 g/mol. The van der Waals surface area contributed by atoms with Gasteiger partial charge in [-0.25, -0.2) is 0 Å². The standard InChI is InChI=1S/C13H17ClO3/c1-13(2,3)12(15)8-6-9(14)11(17-5)10(7-8)16-4/h6-7H,1-5H3. The number of benzene rings is 1. The lowest BCUT2D eigenvalue weighted by atomic mass is 9.86. The van der Waals surface area contributed by atoms with Crippen molar-refractivity contribution in [3.05, 3.63) is 22.7 Å². The minimum absolute atomic E-state index is 0.0142. The van der Waals surface area contributed by atoms with E-state index >= 15 is 0 Å². The first kappa shape index (κ1) is 13.8. The molecule has 1 aromatic rings. The molecule has 0 aliphatic rings. The summed E-state index contributed by atoms with van der Waals surface area (Å²) in [5.74, 6) is 0.924. The minimum atomic E-state index is -0.455. The van der Waals surface area contributed by atoms with Crippen LogP contribution in [0.5, 0.6) is 11.5 Å². The van der Waals surface area contributed by atoms with Crippen LogP contribution in [-0.2, 0) is 0 Å². The van der Waals surface area contributed by atoms with Crippen LogP contribution in [0.15, 0.2) is 12.1 Å². The second-order valence-electron chi connectivity index (χ2n) is 4.77. The lowest BCUT2D eigenvalue weighted by molar-refractivity contribution is 0.0858. The zero-order valence-corrected chi connectivity index (χ0v) is 11.5. The third kappa shape index (κ3) is 2.91. The Balaban J connectivity index is 3.30. The molecule has 0 aliphatic carbocycles. The van der Waals surface area contributed by atoms with Crippen LogP contribution >= 0.6 is 11.6 Å². The van der Waals surface area contributed by atoms with E-state index < -0.39 is 5.41 Å². The van der Waals surface area contributed by atoms with Crippen molar-refractivity contribution in [2.24, 2.45) is 5.41 Å². The van der Waals surface area contributed by atoms with E-state index in [0.717, 1.165) is 0 Å². The predicted molar refractivity (Wildman–Crippen MR) is 68.3 cm³/mol. The van der Waals surface area contributed by atoms with Crippen LogP contribution in [0.2, 0.25) is 5.02 Å². The van der Waals surface area contributed by atoms with Crippen LogP contribution in [-0.4, -0.2) is 20.0 Å². The molecule has 0 saturated carbocycles. The van der Waals surface area contributed by atoms with E-state index in [0.29, 0.717) is 22.1 Å². The van der Waals surface area contributed by atoms with Crippen molar-refractivity contribution in [1.29, 1.82) is 0 Å². The van der Waals surface area contributed by atoms with Crippen LogP contribution in [0.1, 0.15) is 31.1 Å². The van der Waals surface area contributed by atoms with E-state index in [1.165, 1.54) is 14.2 Å². The van der Waals surface area contributed by atoms with Gasteiger partial charge in [0.2, 0.25) is 0 Å². The molecule has 0 spiro atoms. The summed E-state index contributed by atoms with van der Waals surface area (Å²) in [5.41, 5.74) is 0.0725. The Morgan fingerprint density at radius 1 is 1.18 bits per heavy atom. The summed E-state index contributed by atoms with van der Waals surface area (Å²) in [4.78, 5) is 12.1. The van der Waals surface area contributed by atoms with E-state index in [1.807, 2.05) is 20.8 Å². The fraction of sp³-hybridized carbons (Fsp3) is 0.462. The molecule has 0 N–H and O–H groups in total. The SMILES string of the molecule is COc1cc(C(=O)C(C)(C)C)cc(Cl)c1OC. The summed E-state index contributed by atoms with van der Waals surface area (Å²) in [6, 6.07) is 3.26. The van der Waals surface area contributed by atoms with Crippen molar-refractivity contribution in [2.75, 3.05) is 14.2 Å². The summed E-state index contributed by atoms with van der Waals surface area (Å²) in [5, 5.41) is 0.374. The number of ether oxygens (including phenoxy) is 2. The molecule has 0 unspecified atom stereocenters. The molecule has 0 radical (unpaired) electrons. The highest BCUT2D eigenvalue weighted by atomic mass is 35.5. The average molecular weight is 257 g/mol. The van der Waals surface area contributed by atoms with Crippen molar-refractivity contribution in [3.8, 4) is 11.5 Å². The van der Waals surface area contributed by atoms with E-state index in [9.17, 15) is 4.79 Å². The van der Waals surface area contributed by atoms with Crippen LogP contribution < -0.4 is 9.47 Å². The number of methoxy groups -OCH3 is 2. The molecule has 17 heavy (non-hydrogen) atoms. The quantitative estimate of drug-likeness (QED) is 0.776. The molecule has 0 saturated heterocycles. The first-order valence-corrected chi connectivity index (χ1v) is 5.65. The Morgan fingerprint density at radius 3 is 2.18 bits per heavy atom. The minimum Gasteiger partial charge on any atom is -0.493 e. The third-order valence-corrected chi connectivity index (χ3v) is 2.66. The maximum Gasteiger partial charge on any atom is 0.179 e. The molecule has 0 heterocycles. The lowest BCUT2D eigenvalue weighted by Gasteiger charge is -2.18. The number of hydrogen-bond donors (Lipinski definition) is 0. The van der Waals surface area contributed by atoms with Gasteiger partial charge in [-0.2, -0.15) is 0 Å². The van der Waals surface area contributed by atoms with E-state index in [-0.39, 0.29) is 5.78 Å². The summed E-state index contributed by atoms with van der Waals surface area (Å²) in [7, 11) is 3.02. The summed E-state index contributed by atoms with van der Waals surface area (Å²) in [6.45, 7) is 5.58. The number of ketones is 1. The topological polar surface area (TPSA) is 35.5 Å². The van der Waals surface area contributed by atoms with E-state index in [1.54, 1.807) is 12.1 Å². The number of carbonyl (C=O) groups is 1. The van der Waals surface area contributed by atoms with Gasteiger partial charge in [-0.3, -0.25) is 4.79 Å². The fourth-order valence-corrected chi connectivity index (χ4v) is 1.77. The highest BCUT2D eigenvalue weighted by Crippen LogP contribution is 2.37. The predicted octanol–water partition coefficient (Wildman–Crippen LogP) is 3.59. The van der Waals surface area contributed by atoms with E-state index in [2.05, 4.69) is 0 Å². The summed E-state index contributed by atoms with van der Waals surface area (Å²) < 4.78 is 10.3.